The van der Waals surface area contributed by atoms with Crippen molar-refractivity contribution in [2.24, 2.45) is 5.92 Å². The Labute approximate surface area is 166 Å². The normalized spacial score (nSPS) is 19.2. The topological polar surface area (TPSA) is 23.8 Å². The van der Waals surface area contributed by atoms with Crippen LogP contribution in [0.2, 0.25) is 0 Å². The lowest BCUT2D eigenvalue weighted by Crippen LogP contribution is -2.14. The number of hydrogen-bond donors (Lipinski definition) is 0. The summed E-state index contributed by atoms with van der Waals surface area (Å²) in [5, 5.41) is 8.76. The lowest BCUT2D eigenvalue weighted by molar-refractivity contribution is 0.310. The molecule has 0 spiro atoms. The van der Waals surface area contributed by atoms with E-state index in [9.17, 15) is 8.78 Å². The maximum Gasteiger partial charge on any atom is 0.144 e. The minimum atomic E-state index is -0.752. The van der Waals surface area contributed by atoms with E-state index in [4.69, 9.17) is 5.26 Å². The van der Waals surface area contributed by atoms with Gasteiger partial charge in [0, 0.05) is 0 Å². The fourth-order valence-corrected chi connectivity index (χ4v) is 4.26. The summed E-state index contributed by atoms with van der Waals surface area (Å²) in [4.78, 5) is 0. The fraction of sp³-hybridized carbons (Fsp3) is 0.400. The van der Waals surface area contributed by atoms with Gasteiger partial charge in [-0.1, -0.05) is 30.3 Å². The van der Waals surface area contributed by atoms with Gasteiger partial charge in [-0.05, 0) is 92.0 Å². The van der Waals surface area contributed by atoms with E-state index in [1.54, 1.807) is 6.07 Å². The molecule has 0 amide bonds. The highest BCUT2D eigenvalue weighted by atomic mass is 19.1. The van der Waals surface area contributed by atoms with E-state index in [0.29, 0.717) is 23.8 Å². The molecule has 1 aliphatic rings. The number of nitriles is 1. The summed E-state index contributed by atoms with van der Waals surface area (Å²) in [6.45, 7) is 3.77. The SMILES string of the molecule is C=CCCc1ccc(C2CCC(CCc3cc(F)c(C#N)c(F)c3)CC2)cc1. The first-order valence-electron chi connectivity index (χ1n) is 10.2. The van der Waals surface area contributed by atoms with Crippen LogP contribution in [0.25, 0.3) is 0 Å². The summed E-state index contributed by atoms with van der Waals surface area (Å²) in [5.41, 5.74) is 2.95. The number of allylic oxidation sites excluding steroid dienone is 1. The lowest BCUT2D eigenvalue weighted by Gasteiger charge is -2.29. The average Bonchev–Trinajstić information content (AvgIpc) is 2.71. The molecule has 0 aliphatic heterocycles. The van der Waals surface area contributed by atoms with Gasteiger partial charge in [0.15, 0.2) is 0 Å². The van der Waals surface area contributed by atoms with Crippen LogP contribution < -0.4 is 0 Å². The number of hydrogen-bond acceptors (Lipinski definition) is 1. The van der Waals surface area contributed by atoms with Crippen molar-refractivity contribution in [3.8, 4) is 6.07 Å². The highest BCUT2D eigenvalue weighted by Gasteiger charge is 2.22. The fourth-order valence-electron chi connectivity index (χ4n) is 4.26. The molecule has 0 atom stereocenters. The second kappa shape index (κ2) is 9.64. The Kier molecular flexibility index (Phi) is 6.98. The molecule has 0 aromatic heterocycles. The predicted molar refractivity (Wildman–Crippen MR) is 109 cm³/mol. The van der Waals surface area contributed by atoms with Crippen molar-refractivity contribution in [1.29, 1.82) is 5.26 Å². The van der Waals surface area contributed by atoms with E-state index in [1.807, 2.05) is 6.08 Å². The van der Waals surface area contributed by atoms with E-state index < -0.39 is 17.2 Å². The molecule has 28 heavy (non-hydrogen) atoms. The molecule has 0 bridgehead atoms. The first kappa shape index (κ1) is 20.3. The second-order valence-corrected chi connectivity index (χ2v) is 7.87. The molecule has 3 rings (SSSR count). The van der Waals surface area contributed by atoms with Crippen molar-refractivity contribution in [2.45, 2.75) is 57.3 Å². The molecular weight excluding hydrogens is 352 g/mol. The van der Waals surface area contributed by atoms with Crippen LogP contribution in [-0.2, 0) is 12.8 Å². The van der Waals surface area contributed by atoms with Gasteiger partial charge in [-0.25, -0.2) is 8.78 Å². The Balaban J connectivity index is 1.49. The second-order valence-electron chi connectivity index (χ2n) is 7.87. The molecule has 3 heteroatoms. The molecule has 0 heterocycles. The van der Waals surface area contributed by atoms with Crippen molar-refractivity contribution in [3.63, 3.8) is 0 Å². The van der Waals surface area contributed by atoms with Crippen LogP contribution in [0.4, 0.5) is 8.78 Å². The first-order chi connectivity index (χ1) is 13.6. The van der Waals surface area contributed by atoms with Gasteiger partial charge in [-0.3, -0.25) is 0 Å². The monoisotopic (exact) mass is 379 g/mol. The maximum atomic E-state index is 13.7. The zero-order chi connectivity index (χ0) is 19.9. The smallest absolute Gasteiger partial charge is 0.144 e. The average molecular weight is 379 g/mol. The maximum absolute atomic E-state index is 13.7. The van der Waals surface area contributed by atoms with Gasteiger partial charge >= 0.3 is 0 Å². The zero-order valence-corrected chi connectivity index (χ0v) is 16.3. The molecule has 0 saturated heterocycles. The summed E-state index contributed by atoms with van der Waals surface area (Å²) < 4.78 is 27.5. The number of aryl methyl sites for hydroxylation is 2. The summed E-state index contributed by atoms with van der Waals surface area (Å²) in [7, 11) is 0. The van der Waals surface area contributed by atoms with Crippen molar-refractivity contribution in [1.82, 2.24) is 0 Å². The van der Waals surface area contributed by atoms with Gasteiger partial charge in [0.25, 0.3) is 0 Å². The molecule has 0 radical (unpaired) electrons. The van der Waals surface area contributed by atoms with Crippen molar-refractivity contribution >= 4 is 0 Å². The van der Waals surface area contributed by atoms with Crippen LogP contribution in [0.5, 0.6) is 0 Å². The number of benzene rings is 2. The van der Waals surface area contributed by atoms with Gasteiger partial charge in [0.05, 0.1) is 0 Å². The summed E-state index contributed by atoms with van der Waals surface area (Å²) in [5.74, 6) is -0.283. The number of rotatable bonds is 7. The van der Waals surface area contributed by atoms with Crippen molar-refractivity contribution in [2.75, 3.05) is 0 Å². The molecule has 146 valence electrons. The van der Waals surface area contributed by atoms with E-state index >= 15 is 0 Å². The standard InChI is InChI=1S/C25H27F2N/c1-2-3-4-18-7-11-21(12-8-18)22-13-9-19(10-14-22)5-6-20-15-24(26)23(17-28)25(27)16-20/h2,7-8,11-12,15-16,19,22H,1,3-6,9-10,13-14H2. The highest BCUT2D eigenvalue weighted by Crippen LogP contribution is 2.37. The third-order valence-corrected chi connectivity index (χ3v) is 5.99. The number of halogens is 2. The van der Waals surface area contributed by atoms with Crippen LogP contribution in [-0.4, -0.2) is 0 Å². The first-order valence-corrected chi connectivity index (χ1v) is 10.2. The molecule has 0 N–H and O–H groups in total. The van der Waals surface area contributed by atoms with Gasteiger partial charge in [0.2, 0.25) is 0 Å². The van der Waals surface area contributed by atoms with Crippen molar-refractivity contribution in [3.05, 3.63) is 82.9 Å². The molecule has 1 nitrogen and oxygen atoms in total. The quantitative estimate of drug-likeness (QED) is 0.482. The largest absolute Gasteiger partial charge is 0.205 e. The van der Waals surface area contributed by atoms with Crippen LogP contribution >= 0.6 is 0 Å². The summed E-state index contributed by atoms with van der Waals surface area (Å²) in [6, 6.07) is 13.2. The molecule has 1 fully saturated rings. The molecular formula is C25H27F2N. The minimum absolute atomic E-state index is 0.486. The Morgan fingerprint density at radius 1 is 0.964 bits per heavy atom. The molecule has 2 aromatic carbocycles. The van der Waals surface area contributed by atoms with Gasteiger partial charge in [0.1, 0.15) is 23.3 Å². The minimum Gasteiger partial charge on any atom is -0.205 e. The molecule has 1 saturated carbocycles. The third-order valence-electron chi connectivity index (χ3n) is 5.99. The van der Waals surface area contributed by atoms with Gasteiger partial charge < -0.3 is 0 Å². The van der Waals surface area contributed by atoms with Crippen LogP contribution in [0.1, 0.15) is 66.7 Å². The lowest BCUT2D eigenvalue weighted by atomic mass is 9.77. The Hall–Kier alpha value is -2.47. The summed E-state index contributed by atoms with van der Waals surface area (Å²) >= 11 is 0. The van der Waals surface area contributed by atoms with Crippen LogP contribution in [0.15, 0.2) is 49.1 Å². The Morgan fingerprint density at radius 2 is 1.61 bits per heavy atom. The van der Waals surface area contributed by atoms with Crippen LogP contribution in [0, 0.1) is 28.9 Å². The third kappa shape index (κ3) is 5.07. The molecule has 1 aliphatic carbocycles. The Morgan fingerprint density at radius 3 is 2.18 bits per heavy atom. The highest BCUT2D eigenvalue weighted by molar-refractivity contribution is 5.35. The zero-order valence-electron chi connectivity index (χ0n) is 16.3. The van der Waals surface area contributed by atoms with Crippen molar-refractivity contribution < 1.29 is 8.78 Å². The van der Waals surface area contributed by atoms with E-state index in [1.165, 1.54) is 36.1 Å². The predicted octanol–water partition coefficient (Wildman–Crippen LogP) is 6.86. The summed E-state index contributed by atoms with van der Waals surface area (Å²) in [6.07, 6.45) is 10.3. The van der Waals surface area contributed by atoms with E-state index in [-0.39, 0.29) is 0 Å². The molecule has 2 aromatic rings. The van der Waals surface area contributed by atoms with Crippen LogP contribution in [0.3, 0.4) is 0 Å². The van der Waals surface area contributed by atoms with Gasteiger partial charge in [-0.2, -0.15) is 5.26 Å². The van der Waals surface area contributed by atoms with Gasteiger partial charge in [-0.15, -0.1) is 6.58 Å². The van der Waals surface area contributed by atoms with E-state index in [0.717, 1.165) is 32.1 Å². The Bertz CT molecular complexity index is 817. The molecule has 0 unspecified atom stereocenters. The van der Waals surface area contributed by atoms with E-state index in [2.05, 4.69) is 30.8 Å². The number of nitrogens with zero attached hydrogens (tertiary/aromatic N) is 1.